The SMILES string of the molecule is Cc1c(C(=O)O[C@H](C)C(=O)N[C@@H]2CCS(=O)(=O)C2)oc2ccc(Cl)cc12. The number of rotatable bonds is 4. The molecule has 1 aliphatic rings. The van der Waals surface area contributed by atoms with Crippen molar-refractivity contribution in [3.05, 3.63) is 34.5 Å². The number of nitrogens with one attached hydrogen (secondary N) is 1. The van der Waals surface area contributed by atoms with Gasteiger partial charge in [0.1, 0.15) is 5.58 Å². The average Bonchev–Trinajstić information content (AvgIpc) is 3.07. The maximum absolute atomic E-state index is 12.4. The first-order chi connectivity index (χ1) is 12.2. The number of aryl methyl sites for hydroxylation is 1. The molecule has 0 saturated carbocycles. The number of ether oxygens (including phenoxy) is 1. The molecule has 140 valence electrons. The smallest absolute Gasteiger partial charge is 0.375 e. The van der Waals surface area contributed by atoms with Crippen LogP contribution < -0.4 is 5.32 Å². The summed E-state index contributed by atoms with van der Waals surface area (Å²) in [5.41, 5.74) is 1.06. The van der Waals surface area contributed by atoms with Crippen LogP contribution in [-0.4, -0.2) is 43.9 Å². The van der Waals surface area contributed by atoms with Crippen molar-refractivity contribution in [2.24, 2.45) is 0 Å². The summed E-state index contributed by atoms with van der Waals surface area (Å²) in [5.74, 6) is -1.35. The fourth-order valence-electron chi connectivity index (χ4n) is 2.88. The lowest BCUT2D eigenvalue weighted by atomic mass is 10.1. The molecule has 1 N–H and O–H groups in total. The molecule has 0 bridgehead atoms. The Hall–Kier alpha value is -2.06. The van der Waals surface area contributed by atoms with Gasteiger partial charge < -0.3 is 14.5 Å². The first-order valence-corrected chi connectivity index (χ1v) is 10.3. The first-order valence-electron chi connectivity index (χ1n) is 8.07. The number of carbonyl (C=O) groups is 2. The van der Waals surface area contributed by atoms with E-state index in [-0.39, 0.29) is 17.3 Å². The molecular weight excluding hydrogens is 382 g/mol. The second kappa shape index (κ2) is 6.92. The molecule has 0 unspecified atom stereocenters. The Morgan fingerprint density at radius 2 is 2.12 bits per heavy atom. The van der Waals surface area contributed by atoms with Crippen LogP contribution in [0, 0.1) is 6.92 Å². The summed E-state index contributed by atoms with van der Waals surface area (Å²) in [6, 6.07) is 4.53. The van der Waals surface area contributed by atoms with E-state index in [2.05, 4.69) is 5.32 Å². The normalized spacial score (nSPS) is 20.0. The van der Waals surface area contributed by atoms with Crippen LogP contribution in [0.4, 0.5) is 0 Å². The number of hydrogen-bond acceptors (Lipinski definition) is 6. The molecule has 9 heteroatoms. The molecule has 0 radical (unpaired) electrons. The zero-order valence-corrected chi connectivity index (χ0v) is 15.8. The number of furan rings is 1. The molecule has 1 aliphatic heterocycles. The highest BCUT2D eigenvalue weighted by Crippen LogP contribution is 2.28. The minimum Gasteiger partial charge on any atom is -0.449 e. The van der Waals surface area contributed by atoms with Gasteiger partial charge in [-0.1, -0.05) is 11.6 Å². The fourth-order valence-corrected chi connectivity index (χ4v) is 4.73. The lowest BCUT2D eigenvalue weighted by Crippen LogP contribution is -2.42. The van der Waals surface area contributed by atoms with Crippen LogP contribution in [0.5, 0.6) is 0 Å². The van der Waals surface area contributed by atoms with Crippen molar-refractivity contribution in [2.45, 2.75) is 32.4 Å². The van der Waals surface area contributed by atoms with Gasteiger partial charge in [-0.05, 0) is 38.5 Å². The molecule has 1 aromatic carbocycles. The number of fused-ring (bicyclic) bond motifs is 1. The molecule has 2 atom stereocenters. The highest BCUT2D eigenvalue weighted by Gasteiger charge is 2.31. The quantitative estimate of drug-likeness (QED) is 0.791. The van der Waals surface area contributed by atoms with Crippen LogP contribution in [0.1, 0.15) is 29.5 Å². The van der Waals surface area contributed by atoms with E-state index in [0.717, 1.165) is 0 Å². The Kier molecular flexibility index (Phi) is 4.98. The minimum absolute atomic E-state index is 0.00496. The van der Waals surface area contributed by atoms with Gasteiger partial charge in [-0.25, -0.2) is 13.2 Å². The van der Waals surface area contributed by atoms with Gasteiger partial charge in [-0.3, -0.25) is 4.79 Å². The Balaban J connectivity index is 1.67. The van der Waals surface area contributed by atoms with Gasteiger partial charge in [0.15, 0.2) is 15.9 Å². The summed E-state index contributed by atoms with van der Waals surface area (Å²) in [6.45, 7) is 3.12. The van der Waals surface area contributed by atoms with E-state index < -0.39 is 33.9 Å². The fraction of sp³-hybridized carbons (Fsp3) is 0.412. The molecule has 2 aromatic rings. The summed E-state index contributed by atoms with van der Waals surface area (Å²) in [4.78, 5) is 24.5. The number of benzene rings is 1. The van der Waals surface area contributed by atoms with E-state index in [1.165, 1.54) is 6.92 Å². The predicted octanol–water partition coefficient (Wildman–Crippen LogP) is 2.24. The third-order valence-corrected chi connectivity index (χ3v) is 6.32. The van der Waals surface area contributed by atoms with Crippen molar-refractivity contribution in [3.63, 3.8) is 0 Å². The Bertz CT molecular complexity index is 981. The van der Waals surface area contributed by atoms with Crippen LogP contribution in [0.15, 0.2) is 22.6 Å². The second-order valence-corrected chi connectivity index (χ2v) is 9.02. The maximum Gasteiger partial charge on any atom is 0.375 e. The summed E-state index contributed by atoms with van der Waals surface area (Å²) >= 11 is 5.95. The topological polar surface area (TPSA) is 103 Å². The average molecular weight is 400 g/mol. The first kappa shape index (κ1) is 18.7. The third kappa shape index (κ3) is 3.86. The van der Waals surface area contributed by atoms with Gasteiger partial charge in [0.05, 0.1) is 11.5 Å². The summed E-state index contributed by atoms with van der Waals surface area (Å²) in [5, 5.41) is 3.80. The van der Waals surface area contributed by atoms with Crippen molar-refractivity contribution >= 4 is 44.3 Å². The summed E-state index contributed by atoms with van der Waals surface area (Å²) in [6.07, 6.45) is -0.722. The molecule has 3 rings (SSSR count). The highest BCUT2D eigenvalue weighted by atomic mass is 35.5. The van der Waals surface area contributed by atoms with Crippen molar-refractivity contribution in [3.8, 4) is 0 Å². The molecule has 0 spiro atoms. The minimum atomic E-state index is -3.11. The van der Waals surface area contributed by atoms with Gasteiger partial charge in [0.2, 0.25) is 5.76 Å². The predicted molar refractivity (Wildman–Crippen MR) is 96.0 cm³/mol. The van der Waals surface area contributed by atoms with Gasteiger partial charge in [-0.15, -0.1) is 0 Å². The van der Waals surface area contributed by atoms with Gasteiger partial charge >= 0.3 is 5.97 Å². The maximum atomic E-state index is 12.4. The van der Waals surface area contributed by atoms with E-state index >= 15 is 0 Å². The van der Waals surface area contributed by atoms with Crippen LogP contribution in [-0.2, 0) is 19.4 Å². The van der Waals surface area contributed by atoms with Crippen molar-refractivity contribution in [1.29, 1.82) is 0 Å². The summed E-state index contributed by atoms with van der Waals surface area (Å²) < 4.78 is 33.6. The van der Waals surface area contributed by atoms with Crippen molar-refractivity contribution < 1.29 is 27.2 Å². The highest BCUT2D eigenvalue weighted by molar-refractivity contribution is 7.91. The molecule has 2 heterocycles. The Labute approximate surface area is 155 Å². The standard InChI is InChI=1S/C17H18ClNO6S/c1-9-13-7-11(18)3-4-14(13)25-15(9)17(21)24-10(2)16(20)19-12-5-6-26(22,23)8-12/h3-4,7,10,12H,5-6,8H2,1-2H3,(H,19,20)/t10-,12-/m1/s1. The van der Waals surface area contributed by atoms with E-state index in [1.54, 1.807) is 25.1 Å². The second-order valence-electron chi connectivity index (χ2n) is 6.35. The molecular formula is C17H18ClNO6S. The molecule has 1 amide bonds. The third-order valence-electron chi connectivity index (χ3n) is 4.32. The van der Waals surface area contributed by atoms with Gasteiger partial charge in [0, 0.05) is 22.0 Å². The molecule has 26 heavy (non-hydrogen) atoms. The molecule has 0 aliphatic carbocycles. The number of amides is 1. The molecule has 1 saturated heterocycles. The van der Waals surface area contributed by atoms with Crippen LogP contribution in [0.2, 0.25) is 5.02 Å². The number of hydrogen-bond donors (Lipinski definition) is 1. The zero-order valence-electron chi connectivity index (χ0n) is 14.2. The molecule has 1 fully saturated rings. The lowest BCUT2D eigenvalue weighted by molar-refractivity contribution is -0.129. The number of carbonyl (C=O) groups excluding carboxylic acids is 2. The zero-order chi connectivity index (χ0) is 19.1. The summed E-state index contributed by atoms with van der Waals surface area (Å²) in [7, 11) is -3.11. The Morgan fingerprint density at radius 1 is 1.38 bits per heavy atom. The van der Waals surface area contributed by atoms with E-state index in [0.29, 0.717) is 28.0 Å². The number of esters is 1. The van der Waals surface area contributed by atoms with Gasteiger partial charge in [0.25, 0.3) is 5.91 Å². The van der Waals surface area contributed by atoms with Gasteiger partial charge in [-0.2, -0.15) is 0 Å². The monoisotopic (exact) mass is 399 g/mol. The van der Waals surface area contributed by atoms with E-state index in [1.807, 2.05) is 0 Å². The largest absolute Gasteiger partial charge is 0.449 e. The molecule has 7 nitrogen and oxygen atoms in total. The van der Waals surface area contributed by atoms with E-state index in [9.17, 15) is 18.0 Å². The van der Waals surface area contributed by atoms with Crippen molar-refractivity contribution in [1.82, 2.24) is 5.32 Å². The Morgan fingerprint density at radius 3 is 2.77 bits per heavy atom. The van der Waals surface area contributed by atoms with E-state index in [4.69, 9.17) is 20.8 Å². The number of halogens is 1. The van der Waals surface area contributed by atoms with Crippen LogP contribution >= 0.6 is 11.6 Å². The number of sulfone groups is 1. The van der Waals surface area contributed by atoms with Crippen LogP contribution in [0.3, 0.4) is 0 Å². The van der Waals surface area contributed by atoms with Crippen molar-refractivity contribution in [2.75, 3.05) is 11.5 Å². The van der Waals surface area contributed by atoms with Crippen LogP contribution in [0.25, 0.3) is 11.0 Å². The molecule has 1 aromatic heterocycles. The lowest BCUT2D eigenvalue weighted by Gasteiger charge is -2.16.